The summed E-state index contributed by atoms with van der Waals surface area (Å²) in [6.45, 7) is 10.3. The summed E-state index contributed by atoms with van der Waals surface area (Å²) in [5, 5.41) is 0. The smallest absolute Gasteiger partial charge is 0.120 e. The zero-order valence-corrected chi connectivity index (χ0v) is 19.9. The van der Waals surface area contributed by atoms with Gasteiger partial charge in [0.25, 0.3) is 0 Å². The molecule has 2 aromatic carbocycles. The van der Waals surface area contributed by atoms with Crippen molar-refractivity contribution in [2.75, 3.05) is 18.1 Å². The molecule has 0 aromatic heterocycles. The molecule has 2 nitrogen and oxygen atoms in total. The van der Waals surface area contributed by atoms with Gasteiger partial charge < -0.3 is 4.74 Å². The van der Waals surface area contributed by atoms with Gasteiger partial charge in [0, 0.05) is 12.1 Å². The van der Waals surface area contributed by atoms with E-state index in [1.807, 2.05) is 0 Å². The van der Waals surface area contributed by atoms with E-state index >= 15 is 0 Å². The fourth-order valence-corrected chi connectivity index (χ4v) is 6.78. The predicted molar refractivity (Wildman–Crippen MR) is 129 cm³/mol. The highest BCUT2D eigenvalue weighted by Crippen LogP contribution is 2.57. The largest absolute Gasteiger partial charge is 0.354 e. The van der Waals surface area contributed by atoms with Crippen LogP contribution in [-0.2, 0) is 15.9 Å². The minimum absolute atomic E-state index is 0.118. The van der Waals surface area contributed by atoms with Gasteiger partial charge in [0.15, 0.2) is 0 Å². The molecule has 0 N–H and O–H groups in total. The molecule has 1 unspecified atom stereocenters. The van der Waals surface area contributed by atoms with Crippen LogP contribution in [0.15, 0.2) is 54.6 Å². The second kappa shape index (κ2) is 9.06. The third-order valence-electron chi connectivity index (χ3n) is 7.03. The van der Waals surface area contributed by atoms with Crippen molar-refractivity contribution in [3.8, 4) is 0 Å². The summed E-state index contributed by atoms with van der Waals surface area (Å²) >= 11 is 2.07. The topological polar surface area (TPSA) is 12.5 Å². The van der Waals surface area contributed by atoms with E-state index in [9.17, 15) is 0 Å². The lowest BCUT2D eigenvalue weighted by Crippen LogP contribution is -2.39. The fourth-order valence-electron chi connectivity index (χ4n) is 5.62. The first-order valence-corrected chi connectivity index (χ1v) is 12.8. The summed E-state index contributed by atoms with van der Waals surface area (Å²) in [5.41, 5.74) is 3.71. The Balaban J connectivity index is 1.71. The van der Waals surface area contributed by atoms with Crippen molar-refractivity contribution in [2.45, 2.75) is 76.7 Å². The molecule has 0 radical (unpaired) electrons. The molecule has 1 spiro atoms. The molecule has 1 fully saturated rings. The van der Waals surface area contributed by atoms with Crippen molar-refractivity contribution in [2.24, 2.45) is 0 Å². The molecule has 1 atom stereocenters. The fraction of sp³-hybridized carbons (Fsp3) is 0.556. The van der Waals surface area contributed by atoms with Crippen LogP contribution >= 0.6 is 11.8 Å². The van der Waals surface area contributed by atoms with Gasteiger partial charge in [-0.05, 0) is 88.1 Å². The highest BCUT2D eigenvalue weighted by molar-refractivity contribution is 7.99. The Hall–Kier alpha value is -1.29. The Labute approximate surface area is 187 Å². The highest BCUT2D eigenvalue weighted by atomic mass is 32.2. The molecule has 0 amide bonds. The predicted octanol–water partition coefficient (Wildman–Crippen LogP) is 6.58. The van der Waals surface area contributed by atoms with Crippen molar-refractivity contribution >= 4 is 11.8 Å². The van der Waals surface area contributed by atoms with Gasteiger partial charge in [0.05, 0.1) is 5.60 Å². The molecule has 4 rings (SSSR count). The number of hydrogen-bond donors (Lipinski definition) is 0. The maximum Gasteiger partial charge on any atom is 0.120 e. The lowest BCUT2D eigenvalue weighted by Gasteiger charge is -2.39. The van der Waals surface area contributed by atoms with Crippen LogP contribution in [0.5, 0.6) is 0 Å². The van der Waals surface area contributed by atoms with Crippen LogP contribution in [0.4, 0.5) is 0 Å². The van der Waals surface area contributed by atoms with Gasteiger partial charge >= 0.3 is 0 Å². The number of ether oxygens (including phenoxy) is 1. The first kappa shape index (κ1) is 21.9. The summed E-state index contributed by atoms with van der Waals surface area (Å²) in [6, 6.07) is 21.2. The van der Waals surface area contributed by atoms with Crippen molar-refractivity contribution in [1.82, 2.24) is 4.90 Å². The molecule has 2 aliphatic rings. The van der Waals surface area contributed by atoms with E-state index < -0.39 is 0 Å². The SMILES string of the molecule is CC(C)N(CCCC1(c2ccccc2)OC2(CCSCC2)c2ccccc21)C(C)C. The van der Waals surface area contributed by atoms with E-state index in [1.165, 1.54) is 28.2 Å². The van der Waals surface area contributed by atoms with Crippen LogP contribution in [0.3, 0.4) is 0 Å². The molecule has 2 heterocycles. The molecular formula is C27H37NOS. The van der Waals surface area contributed by atoms with Crippen molar-refractivity contribution in [1.29, 1.82) is 0 Å². The second-order valence-corrected chi connectivity index (χ2v) is 10.7. The van der Waals surface area contributed by atoms with E-state index in [1.54, 1.807) is 0 Å². The normalized spacial score (nSPS) is 22.9. The van der Waals surface area contributed by atoms with Crippen LogP contribution in [0, 0.1) is 0 Å². The third kappa shape index (κ3) is 3.97. The lowest BCUT2D eigenvalue weighted by atomic mass is 9.79. The van der Waals surface area contributed by atoms with Crippen molar-refractivity contribution in [3.05, 3.63) is 71.3 Å². The Morgan fingerprint density at radius 1 is 0.867 bits per heavy atom. The molecule has 1 saturated heterocycles. The molecule has 0 aliphatic carbocycles. The van der Waals surface area contributed by atoms with E-state index in [0.29, 0.717) is 12.1 Å². The van der Waals surface area contributed by atoms with Gasteiger partial charge in [-0.2, -0.15) is 11.8 Å². The number of thioether (sulfide) groups is 1. The third-order valence-corrected chi connectivity index (χ3v) is 8.02. The molecule has 162 valence electrons. The summed E-state index contributed by atoms with van der Waals surface area (Å²) in [6.07, 6.45) is 4.39. The zero-order valence-electron chi connectivity index (χ0n) is 19.1. The van der Waals surface area contributed by atoms with Crippen LogP contribution < -0.4 is 0 Å². The lowest BCUT2D eigenvalue weighted by molar-refractivity contribution is -0.132. The standard InChI is InChI=1S/C27H37NOS/c1-21(2)28(22(3)4)18-10-15-27(23-11-6-5-7-12-23)25-14-9-8-13-24(25)26(29-27)16-19-30-20-17-26/h5-9,11-14,21-22H,10,15-20H2,1-4H3. The van der Waals surface area contributed by atoms with Crippen LogP contribution in [0.1, 0.15) is 70.1 Å². The Kier molecular flexibility index (Phi) is 6.62. The summed E-state index contributed by atoms with van der Waals surface area (Å²) in [5.74, 6) is 2.38. The average molecular weight is 424 g/mol. The van der Waals surface area contributed by atoms with Crippen LogP contribution in [0.25, 0.3) is 0 Å². The Morgan fingerprint density at radius 3 is 2.10 bits per heavy atom. The number of fused-ring (bicyclic) bond motifs is 2. The quantitative estimate of drug-likeness (QED) is 0.499. The summed E-state index contributed by atoms with van der Waals surface area (Å²) in [7, 11) is 0. The highest BCUT2D eigenvalue weighted by Gasteiger charge is 2.53. The summed E-state index contributed by atoms with van der Waals surface area (Å²) in [4.78, 5) is 2.60. The molecular weight excluding hydrogens is 386 g/mol. The number of hydrogen-bond acceptors (Lipinski definition) is 3. The van der Waals surface area contributed by atoms with E-state index in [4.69, 9.17) is 4.74 Å². The van der Waals surface area contributed by atoms with Gasteiger partial charge in [-0.25, -0.2) is 0 Å². The van der Waals surface area contributed by atoms with Gasteiger partial charge in [-0.15, -0.1) is 0 Å². The molecule has 2 aromatic rings. The minimum atomic E-state index is -0.334. The van der Waals surface area contributed by atoms with Gasteiger partial charge in [0.1, 0.15) is 5.60 Å². The van der Waals surface area contributed by atoms with E-state index in [2.05, 4.69) is 99.0 Å². The average Bonchev–Trinajstić information content (AvgIpc) is 3.02. The van der Waals surface area contributed by atoms with Crippen LogP contribution in [0.2, 0.25) is 0 Å². The number of rotatable bonds is 7. The molecule has 0 bridgehead atoms. The van der Waals surface area contributed by atoms with Crippen molar-refractivity contribution in [3.63, 3.8) is 0 Å². The second-order valence-electron chi connectivity index (χ2n) is 9.48. The first-order chi connectivity index (χ1) is 14.5. The number of benzene rings is 2. The van der Waals surface area contributed by atoms with Crippen molar-refractivity contribution < 1.29 is 4.74 Å². The number of nitrogens with zero attached hydrogens (tertiary/aromatic N) is 1. The molecule has 2 aliphatic heterocycles. The first-order valence-electron chi connectivity index (χ1n) is 11.7. The maximum absolute atomic E-state index is 7.30. The van der Waals surface area contributed by atoms with Gasteiger partial charge in [-0.3, -0.25) is 4.90 Å². The molecule has 30 heavy (non-hydrogen) atoms. The van der Waals surface area contributed by atoms with Gasteiger partial charge in [0.2, 0.25) is 0 Å². The Morgan fingerprint density at radius 2 is 1.47 bits per heavy atom. The maximum atomic E-state index is 7.30. The van der Waals surface area contributed by atoms with Gasteiger partial charge in [-0.1, -0.05) is 54.6 Å². The minimum Gasteiger partial charge on any atom is -0.354 e. The molecule has 0 saturated carbocycles. The summed E-state index contributed by atoms with van der Waals surface area (Å²) < 4.78 is 7.30. The zero-order chi connectivity index (χ0) is 21.2. The Bertz CT molecular complexity index is 820. The van der Waals surface area contributed by atoms with Crippen LogP contribution in [-0.4, -0.2) is 35.0 Å². The molecule has 3 heteroatoms. The van der Waals surface area contributed by atoms with E-state index in [0.717, 1.165) is 32.2 Å². The van der Waals surface area contributed by atoms with E-state index in [-0.39, 0.29) is 11.2 Å². The monoisotopic (exact) mass is 423 g/mol.